The van der Waals surface area contributed by atoms with Gasteiger partial charge in [-0.3, -0.25) is 28.3 Å². The van der Waals surface area contributed by atoms with E-state index in [1.54, 1.807) is 61.9 Å². The molecular formula is C56H56B3Br2N9O11S. The van der Waals surface area contributed by atoms with Crippen LogP contribution in [0.2, 0.25) is 6.82 Å². The number of rotatable bonds is 4. The maximum absolute atomic E-state index is 12.4. The van der Waals surface area contributed by atoms with E-state index in [1.807, 2.05) is 96.4 Å². The van der Waals surface area contributed by atoms with E-state index in [1.165, 1.54) is 22.2 Å². The summed E-state index contributed by atoms with van der Waals surface area (Å²) in [4.78, 5) is 87.1. The minimum atomic E-state index is -0.590. The van der Waals surface area contributed by atoms with E-state index in [9.17, 15) is 33.5 Å². The van der Waals surface area contributed by atoms with Crippen molar-refractivity contribution in [3.8, 4) is 0 Å². The molecular weight excluding hydrogens is 1200 g/mol. The Balaban J connectivity index is 0.000000151. The van der Waals surface area contributed by atoms with Gasteiger partial charge in [-0.1, -0.05) is 24.3 Å². The Labute approximate surface area is 496 Å². The van der Waals surface area contributed by atoms with E-state index in [0.29, 0.717) is 52.3 Å². The Kier molecular flexibility index (Phi) is 20.7. The number of H-pyrrole nitrogens is 2. The van der Waals surface area contributed by atoms with Crippen molar-refractivity contribution < 1.29 is 52.6 Å². The predicted octanol–water partition coefficient (Wildman–Crippen LogP) is 10.4. The summed E-state index contributed by atoms with van der Waals surface area (Å²) in [7, 11) is 6.30. The van der Waals surface area contributed by atoms with E-state index in [0.717, 1.165) is 72.3 Å². The van der Waals surface area contributed by atoms with Crippen molar-refractivity contribution in [1.29, 1.82) is 0 Å². The average Bonchev–Trinajstić information content (AvgIpc) is 3.12. The monoisotopic (exact) mass is 1250 g/mol. The Morgan fingerprint density at radius 1 is 0.622 bits per heavy atom. The van der Waals surface area contributed by atoms with Crippen LogP contribution in [-0.2, 0) is 36.7 Å². The van der Waals surface area contributed by atoms with Gasteiger partial charge in [0.2, 0.25) is 0 Å². The molecule has 0 atom stereocenters. The van der Waals surface area contributed by atoms with Gasteiger partial charge in [0.15, 0.2) is 0 Å². The van der Waals surface area contributed by atoms with E-state index >= 15 is 0 Å². The van der Waals surface area contributed by atoms with Gasteiger partial charge >= 0.3 is 79.3 Å². The Bertz CT molecular complexity index is 3840. The molecule has 8 heterocycles. The number of halogens is 2. The molecule has 6 N–H and O–H groups in total. The Morgan fingerprint density at radius 3 is 1.61 bits per heavy atom. The van der Waals surface area contributed by atoms with Crippen molar-refractivity contribution in [3.05, 3.63) is 154 Å². The molecule has 12 rings (SSSR count). The number of hydrogen-bond donors (Lipinski definition) is 7. The SMILES string of the molecule is CC(C)(C)OC(=O)n1cc2c3c(cccc31)C(=O)NC=C2Br.CC(C)(C)OC(=O)n1cc2c3c(cccc31)C(=O)NCC2.C[B]OOCB=O.O=C1NC=C(Br)c2c[nH]c3cccc1c23.O=C1NCCc2c[nH]c3cccc1c23.[B]=NS. The van der Waals surface area contributed by atoms with Crippen molar-refractivity contribution >= 4 is 155 Å². The molecule has 0 unspecified atom stereocenters. The fraction of sp³-hybridized carbons (Fsp3) is 0.250. The van der Waals surface area contributed by atoms with Gasteiger partial charge in [0.05, 0.1) is 11.0 Å². The van der Waals surface area contributed by atoms with Crippen LogP contribution < -0.4 is 21.3 Å². The summed E-state index contributed by atoms with van der Waals surface area (Å²) in [5, 5.41) is 14.8. The summed E-state index contributed by atoms with van der Waals surface area (Å²) >= 11 is 10.1. The van der Waals surface area contributed by atoms with Gasteiger partial charge in [0, 0.05) is 125 Å². The fourth-order valence-corrected chi connectivity index (χ4v) is 9.89. The molecule has 4 aromatic heterocycles. The number of carbonyl (C=O) groups excluding carboxylic acids is 6. The first-order valence-electron chi connectivity index (χ1n) is 25.5. The van der Waals surface area contributed by atoms with Crippen LogP contribution in [0.25, 0.3) is 52.6 Å². The number of thiol groups is 1. The molecule has 82 heavy (non-hydrogen) atoms. The number of hydrogen-bond acceptors (Lipinski definition) is 13. The zero-order valence-electron chi connectivity index (χ0n) is 45.7. The first-order chi connectivity index (χ1) is 39.1. The van der Waals surface area contributed by atoms with Crippen LogP contribution in [-0.4, -0.2) is 108 Å². The van der Waals surface area contributed by atoms with Crippen molar-refractivity contribution in [1.82, 2.24) is 40.4 Å². The van der Waals surface area contributed by atoms with Crippen molar-refractivity contribution in [2.24, 2.45) is 4.30 Å². The number of benzene rings is 4. The second kappa shape index (κ2) is 27.4. The zero-order chi connectivity index (χ0) is 59.5. The fourth-order valence-electron chi connectivity index (χ4n) is 9.05. The molecule has 0 fully saturated rings. The summed E-state index contributed by atoms with van der Waals surface area (Å²) < 4.78 is 27.5. The second-order valence-corrected chi connectivity index (χ2v) is 22.1. The number of ether oxygens (including phenoxy) is 2. The van der Waals surface area contributed by atoms with Crippen LogP contribution in [0.3, 0.4) is 0 Å². The maximum atomic E-state index is 12.4. The number of aromatic nitrogens is 4. The summed E-state index contributed by atoms with van der Waals surface area (Å²) in [6, 6.07) is 22.1. The third kappa shape index (κ3) is 14.7. The number of aromatic amines is 2. The second-order valence-electron chi connectivity index (χ2n) is 20.1. The third-order valence-electron chi connectivity index (χ3n) is 12.2. The summed E-state index contributed by atoms with van der Waals surface area (Å²) in [6.07, 6.45) is 11.3. The van der Waals surface area contributed by atoms with E-state index in [-0.39, 0.29) is 30.1 Å². The minimum absolute atomic E-state index is 0.00958. The van der Waals surface area contributed by atoms with Gasteiger partial charge in [-0.15, -0.1) is 0 Å². The molecule has 0 aliphatic carbocycles. The molecule has 420 valence electrons. The van der Waals surface area contributed by atoms with Gasteiger partial charge in [0.1, 0.15) is 11.2 Å². The molecule has 0 saturated heterocycles. The van der Waals surface area contributed by atoms with E-state index in [4.69, 9.17) is 9.47 Å². The van der Waals surface area contributed by atoms with Gasteiger partial charge in [0.25, 0.3) is 23.6 Å². The van der Waals surface area contributed by atoms with Crippen LogP contribution in [0.15, 0.2) is 114 Å². The summed E-state index contributed by atoms with van der Waals surface area (Å²) in [5.41, 5.74) is 8.88. The Morgan fingerprint density at radius 2 is 1.07 bits per heavy atom. The number of nitrogens with one attached hydrogen (secondary N) is 6. The number of amides is 4. The average molecular weight is 1260 g/mol. The van der Waals surface area contributed by atoms with Crippen LogP contribution in [0.1, 0.15) is 105 Å². The molecule has 4 aromatic carbocycles. The van der Waals surface area contributed by atoms with Crippen LogP contribution in [0.5, 0.6) is 0 Å². The molecule has 26 heteroatoms. The summed E-state index contributed by atoms with van der Waals surface area (Å²) in [5.74, 6) is -0.339. The molecule has 0 spiro atoms. The summed E-state index contributed by atoms with van der Waals surface area (Å²) in [6.45, 7) is 13.9. The van der Waals surface area contributed by atoms with E-state index in [2.05, 4.69) is 97.5 Å². The van der Waals surface area contributed by atoms with Gasteiger partial charge < -0.3 is 40.7 Å². The van der Waals surface area contributed by atoms with Crippen LogP contribution in [0.4, 0.5) is 9.59 Å². The number of nitrogens with zero attached hydrogens (tertiary/aromatic N) is 3. The van der Waals surface area contributed by atoms with Gasteiger partial charge in [-0.2, -0.15) is 0 Å². The predicted molar refractivity (Wildman–Crippen MR) is 327 cm³/mol. The Hall–Kier alpha value is -7.64. The first kappa shape index (κ1) is 62.0. The molecule has 4 aliphatic heterocycles. The van der Waals surface area contributed by atoms with E-state index < -0.39 is 23.4 Å². The molecule has 4 amide bonds. The first-order valence-corrected chi connectivity index (χ1v) is 27.5. The topological polar surface area (TPSA) is 258 Å². The normalized spacial score (nSPS) is 13.7. The zero-order valence-corrected chi connectivity index (χ0v) is 49.8. The van der Waals surface area contributed by atoms with Crippen molar-refractivity contribution in [2.45, 2.75) is 72.4 Å². The molecule has 8 aromatic rings. The molecule has 0 saturated carbocycles. The van der Waals surface area contributed by atoms with Gasteiger partial charge in [-0.25, -0.2) is 9.59 Å². The third-order valence-corrected chi connectivity index (χ3v) is 13.5. The van der Waals surface area contributed by atoms with Crippen molar-refractivity contribution in [3.63, 3.8) is 0 Å². The molecule has 2 radical (unpaired) electrons. The van der Waals surface area contributed by atoms with Crippen LogP contribution >= 0.6 is 44.7 Å². The standard InChI is InChI=1S/C16H15BrN2O3.C16H18N2O3.C11H7BrN2O.C11H10N2O.C2H5B2O3.BHNS/c1-16(2,3)22-15(21)19-8-10-11(17)7-18-14(20)9-5-4-6-12(19)13(9)10;1-16(2,3)21-15(20)18-9-10-7-8-17-14(19)11-5-4-6-12(18)13(10)11;12-8-5-14-11(15)6-2-1-3-9-10(6)7(8)4-13-9;14-11-8-2-1-3-9-10(8)7(6-13-9)4-5-12-11;1-3-7-6-2-4-5;1-2-3/h4-8H,1-3H3,(H,18,20);4-6,9H,7-8H2,1-3H3,(H,17,19);1-5,13H,(H,14,15);1-3,6,13H,4-5H2,(H,12,14);2H2,1H3;3H. The van der Waals surface area contributed by atoms with Crippen LogP contribution in [0, 0.1) is 0 Å². The quantitative estimate of drug-likeness (QED) is 0.0287. The molecule has 4 aliphatic rings. The number of carbonyl (C=O) groups is 6. The van der Waals surface area contributed by atoms with Crippen molar-refractivity contribution in [2.75, 3.05) is 19.6 Å². The molecule has 0 bridgehead atoms. The molecule has 20 nitrogen and oxygen atoms in total. The van der Waals surface area contributed by atoms with Gasteiger partial charge in [-0.05, 0) is 146 Å².